The van der Waals surface area contributed by atoms with Crippen LogP contribution < -0.4 is 0 Å². The van der Waals surface area contributed by atoms with Crippen molar-refractivity contribution in [2.75, 3.05) is 13.6 Å². The smallest absolute Gasteiger partial charge is 0.318 e. The average molecular weight is 248 g/mol. The molecule has 2 aromatic rings. The standard InChI is InChI=1S/C12H12N2O2S/c1-14(8-11(15)16)17-10-6-2-4-9-5-3-7-13-12(9)10/h2-7H,8H2,1H3,(H,15,16). The number of rotatable bonds is 4. The van der Waals surface area contributed by atoms with Crippen LogP contribution in [0, 0.1) is 0 Å². The van der Waals surface area contributed by atoms with Gasteiger partial charge >= 0.3 is 5.97 Å². The van der Waals surface area contributed by atoms with E-state index in [1.807, 2.05) is 30.3 Å². The molecular formula is C12H12N2O2S. The van der Waals surface area contributed by atoms with Gasteiger partial charge in [0.1, 0.15) is 6.54 Å². The lowest BCUT2D eigenvalue weighted by atomic mass is 10.2. The van der Waals surface area contributed by atoms with Crippen LogP contribution in [0.5, 0.6) is 0 Å². The monoisotopic (exact) mass is 248 g/mol. The summed E-state index contributed by atoms with van der Waals surface area (Å²) in [5, 5.41) is 9.76. The number of carboxylic acids is 1. The molecule has 1 aromatic heterocycles. The molecule has 1 N–H and O–H groups in total. The number of aliphatic carboxylic acids is 1. The molecule has 1 heterocycles. The molecule has 5 heteroatoms. The van der Waals surface area contributed by atoms with E-state index in [1.165, 1.54) is 11.9 Å². The Balaban J connectivity index is 2.26. The highest BCUT2D eigenvalue weighted by Crippen LogP contribution is 2.27. The summed E-state index contributed by atoms with van der Waals surface area (Å²) in [6, 6.07) is 9.75. The summed E-state index contributed by atoms with van der Waals surface area (Å²) in [6.07, 6.45) is 1.74. The van der Waals surface area contributed by atoms with Crippen LogP contribution in [0.15, 0.2) is 41.4 Å². The maximum absolute atomic E-state index is 10.6. The highest BCUT2D eigenvalue weighted by molar-refractivity contribution is 7.97. The van der Waals surface area contributed by atoms with Crippen molar-refractivity contribution < 1.29 is 9.90 Å². The molecule has 0 aliphatic carbocycles. The first kappa shape index (κ1) is 11.9. The Morgan fingerprint density at radius 2 is 2.18 bits per heavy atom. The number of benzene rings is 1. The normalized spacial score (nSPS) is 10.9. The number of carbonyl (C=O) groups is 1. The predicted molar refractivity (Wildman–Crippen MR) is 67.9 cm³/mol. The van der Waals surface area contributed by atoms with E-state index < -0.39 is 5.97 Å². The first-order chi connectivity index (χ1) is 8.16. The fourth-order valence-corrected chi connectivity index (χ4v) is 2.45. The van der Waals surface area contributed by atoms with E-state index in [4.69, 9.17) is 5.11 Å². The van der Waals surface area contributed by atoms with E-state index in [1.54, 1.807) is 17.5 Å². The second kappa shape index (κ2) is 5.16. The van der Waals surface area contributed by atoms with E-state index in [0.29, 0.717) is 0 Å². The number of nitrogens with zero attached hydrogens (tertiary/aromatic N) is 2. The van der Waals surface area contributed by atoms with Crippen LogP contribution in [0.2, 0.25) is 0 Å². The number of hydrogen-bond donors (Lipinski definition) is 1. The van der Waals surface area contributed by atoms with Crippen molar-refractivity contribution in [2.45, 2.75) is 4.90 Å². The van der Waals surface area contributed by atoms with E-state index in [2.05, 4.69) is 4.98 Å². The Hall–Kier alpha value is -1.59. The van der Waals surface area contributed by atoms with Gasteiger partial charge in [-0.3, -0.25) is 9.78 Å². The van der Waals surface area contributed by atoms with Gasteiger partial charge in [-0.2, -0.15) is 0 Å². The van der Waals surface area contributed by atoms with Gasteiger partial charge < -0.3 is 5.11 Å². The second-order valence-electron chi connectivity index (χ2n) is 3.60. The molecule has 0 aliphatic heterocycles. The number of fused-ring (bicyclic) bond motifs is 1. The molecule has 0 saturated carbocycles. The summed E-state index contributed by atoms with van der Waals surface area (Å²) in [7, 11) is 1.75. The summed E-state index contributed by atoms with van der Waals surface area (Å²) in [5.74, 6) is -0.840. The molecule has 0 radical (unpaired) electrons. The molecule has 1 aromatic carbocycles. The molecule has 0 aliphatic rings. The zero-order chi connectivity index (χ0) is 12.3. The molecule has 0 fully saturated rings. The average Bonchev–Trinajstić information content (AvgIpc) is 2.28. The molecule has 0 spiro atoms. The number of pyridine rings is 1. The topological polar surface area (TPSA) is 53.4 Å². The number of aromatic nitrogens is 1. The third-order valence-corrected chi connectivity index (χ3v) is 3.17. The van der Waals surface area contributed by atoms with E-state index in [-0.39, 0.29) is 6.54 Å². The lowest BCUT2D eigenvalue weighted by Crippen LogP contribution is -2.18. The Labute approximate surface area is 103 Å². The molecule has 0 atom stereocenters. The van der Waals surface area contributed by atoms with E-state index >= 15 is 0 Å². The van der Waals surface area contributed by atoms with Crippen molar-refractivity contribution in [1.82, 2.24) is 9.29 Å². The maximum Gasteiger partial charge on any atom is 0.318 e. The molecule has 0 bridgehead atoms. The minimum atomic E-state index is -0.840. The van der Waals surface area contributed by atoms with Crippen molar-refractivity contribution in [3.05, 3.63) is 36.5 Å². The lowest BCUT2D eigenvalue weighted by molar-refractivity contribution is -0.136. The Kier molecular flexibility index (Phi) is 3.61. The van der Waals surface area contributed by atoms with Crippen LogP contribution in [0.3, 0.4) is 0 Å². The highest BCUT2D eigenvalue weighted by atomic mass is 32.2. The molecule has 0 saturated heterocycles. The van der Waals surface area contributed by atoms with Crippen LogP contribution in [-0.2, 0) is 4.79 Å². The largest absolute Gasteiger partial charge is 0.480 e. The van der Waals surface area contributed by atoms with Gasteiger partial charge in [0, 0.05) is 16.5 Å². The molecule has 17 heavy (non-hydrogen) atoms. The minimum Gasteiger partial charge on any atom is -0.480 e. The van der Waals surface area contributed by atoms with Crippen LogP contribution in [-0.4, -0.2) is 34.0 Å². The van der Waals surface area contributed by atoms with Gasteiger partial charge in [-0.25, -0.2) is 4.31 Å². The quantitative estimate of drug-likeness (QED) is 0.841. The van der Waals surface area contributed by atoms with Gasteiger partial charge in [-0.1, -0.05) is 18.2 Å². The SMILES string of the molecule is CN(CC(=O)O)Sc1cccc2cccnc12. The summed E-state index contributed by atoms with van der Waals surface area (Å²) >= 11 is 1.39. The van der Waals surface area contributed by atoms with Gasteiger partial charge in [0.2, 0.25) is 0 Å². The summed E-state index contributed by atoms with van der Waals surface area (Å²) in [4.78, 5) is 15.9. The molecule has 4 nitrogen and oxygen atoms in total. The number of hydrogen-bond acceptors (Lipinski definition) is 4. The van der Waals surface area contributed by atoms with Gasteiger partial charge in [0.05, 0.1) is 5.52 Å². The zero-order valence-electron chi connectivity index (χ0n) is 9.33. The van der Waals surface area contributed by atoms with Crippen molar-refractivity contribution in [2.24, 2.45) is 0 Å². The molecule has 0 unspecified atom stereocenters. The maximum atomic E-state index is 10.6. The van der Waals surface area contributed by atoms with Crippen molar-refractivity contribution >= 4 is 28.8 Å². The van der Waals surface area contributed by atoms with Gasteiger partial charge in [0.25, 0.3) is 0 Å². The second-order valence-corrected chi connectivity index (χ2v) is 4.85. The van der Waals surface area contributed by atoms with Crippen LogP contribution in [0.1, 0.15) is 0 Å². The molecule has 0 amide bonds. The van der Waals surface area contributed by atoms with E-state index in [9.17, 15) is 4.79 Å². The predicted octanol–water partition coefficient (Wildman–Crippen LogP) is 2.26. The van der Waals surface area contributed by atoms with Gasteiger partial charge in [-0.05, 0) is 31.1 Å². The first-order valence-corrected chi connectivity index (χ1v) is 5.89. The molecule has 2 rings (SSSR count). The fraction of sp³-hybridized carbons (Fsp3) is 0.167. The third-order valence-electron chi connectivity index (χ3n) is 2.21. The molecule has 88 valence electrons. The number of carboxylic acid groups (broad SMARTS) is 1. The van der Waals surface area contributed by atoms with Crippen LogP contribution in [0.4, 0.5) is 0 Å². The van der Waals surface area contributed by atoms with E-state index in [0.717, 1.165) is 15.8 Å². The Bertz CT molecular complexity index is 540. The van der Waals surface area contributed by atoms with Crippen LogP contribution in [0.25, 0.3) is 10.9 Å². The van der Waals surface area contributed by atoms with Gasteiger partial charge in [-0.15, -0.1) is 0 Å². The fourth-order valence-electron chi connectivity index (χ4n) is 1.54. The summed E-state index contributed by atoms with van der Waals surface area (Å²) in [5.41, 5.74) is 0.900. The highest BCUT2D eigenvalue weighted by Gasteiger charge is 2.08. The lowest BCUT2D eigenvalue weighted by Gasteiger charge is -2.13. The first-order valence-electron chi connectivity index (χ1n) is 5.11. The van der Waals surface area contributed by atoms with Crippen molar-refractivity contribution in [1.29, 1.82) is 0 Å². The van der Waals surface area contributed by atoms with Crippen molar-refractivity contribution in [3.63, 3.8) is 0 Å². The third kappa shape index (κ3) is 2.95. The summed E-state index contributed by atoms with van der Waals surface area (Å²) in [6.45, 7) is -0.00606. The summed E-state index contributed by atoms with van der Waals surface area (Å²) < 4.78 is 1.67. The van der Waals surface area contributed by atoms with Gasteiger partial charge in [0.15, 0.2) is 0 Å². The number of likely N-dealkylation sites (N-methyl/N-ethyl adjacent to an activating group) is 1. The number of para-hydroxylation sites is 1. The minimum absolute atomic E-state index is 0.00606. The Morgan fingerprint density at radius 3 is 2.94 bits per heavy atom. The Morgan fingerprint density at radius 1 is 1.41 bits per heavy atom. The van der Waals surface area contributed by atoms with Crippen molar-refractivity contribution in [3.8, 4) is 0 Å². The van der Waals surface area contributed by atoms with Crippen LogP contribution >= 0.6 is 11.9 Å². The zero-order valence-corrected chi connectivity index (χ0v) is 10.1. The molecular weight excluding hydrogens is 236 g/mol.